The Morgan fingerprint density at radius 3 is 2.68 bits per heavy atom. The molecule has 0 fully saturated rings. The van der Waals surface area contributed by atoms with Crippen molar-refractivity contribution in [2.45, 2.75) is 59.1 Å². The Labute approximate surface area is 120 Å². The van der Waals surface area contributed by atoms with Crippen molar-refractivity contribution in [3.8, 4) is 0 Å². The highest BCUT2D eigenvalue weighted by Gasteiger charge is 2.17. The molecule has 0 aliphatic rings. The molecular formula is C14H25ClN2O2. The number of aliphatic hydroxyl groups excluding tert-OH is 1. The van der Waals surface area contributed by atoms with Gasteiger partial charge in [0.2, 0.25) is 0 Å². The van der Waals surface area contributed by atoms with Gasteiger partial charge in [-0.25, -0.2) is 0 Å². The summed E-state index contributed by atoms with van der Waals surface area (Å²) in [6, 6.07) is 0. The first-order valence-electron chi connectivity index (χ1n) is 7.13. The first kappa shape index (κ1) is 16.5. The van der Waals surface area contributed by atoms with Crippen LogP contribution in [0.2, 0.25) is 5.02 Å². The van der Waals surface area contributed by atoms with Crippen molar-refractivity contribution in [3.05, 3.63) is 16.4 Å². The van der Waals surface area contributed by atoms with Crippen molar-refractivity contribution in [1.29, 1.82) is 0 Å². The summed E-state index contributed by atoms with van der Waals surface area (Å²) < 4.78 is 7.17. The zero-order valence-corrected chi connectivity index (χ0v) is 12.9. The SMILES string of the molecule is CCOCCCC(O)Cc1c(Cl)c(CC)nn1CC. The number of ether oxygens (including phenoxy) is 1. The van der Waals surface area contributed by atoms with Crippen LogP contribution in [0, 0.1) is 0 Å². The van der Waals surface area contributed by atoms with Crippen LogP contribution < -0.4 is 0 Å². The second kappa shape index (κ2) is 8.56. The molecule has 0 saturated heterocycles. The lowest BCUT2D eigenvalue weighted by Gasteiger charge is -2.12. The minimum absolute atomic E-state index is 0.385. The highest BCUT2D eigenvalue weighted by Crippen LogP contribution is 2.23. The Morgan fingerprint density at radius 1 is 1.37 bits per heavy atom. The van der Waals surface area contributed by atoms with Gasteiger partial charge in [-0.2, -0.15) is 5.10 Å². The van der Waals surface area contributed by atoms with Crippen LogP contribution in [0.25, 0.3) is 0 Å². The van der Waals surface area contributed by atoms with Crippen molar-refractivity contribution in [2.75, 3.05) is 13.2 Å². The van der Waals surface area contributed by atoms with Gasteiger partial charge >= 0.3 is 0 Å². The quantitative estimate of drug-likeness (QED) is 0.711. The predicted molar refractivity (Wildman–Crippen MR) is 77.7 cm³/mol. The van der Waals surface area contributed by atoms with Gasteiger partial charge in [0, 0.05) is 26.2 Å². The van der Waals surface area contributed by atoms with Crippen molar-refractivity contribution >= 4 is 11.6 Å². The van der Waals surface area contributed by atoms with Crippen LogP contribution in [-0.4, -0.2) is 34.2 Å². The second-order valence-electron chi connectivity index (χ2n) is 4.57. The van der Waals surface area contributed by atoms with Crippen LogP contribution in [0.1, 0.15) is 45.0 Å². The van der Waals surface area contributed by atoms with Crippen LogP contribution in [0.5, 0.6) is 0 Å². The molecule has 4 nitrogen and oxygen atoms in total. The molecule has 1 atom stereocenters. The summed E-state index contributed by atoms with van der Waals surface area (Å²) in [6.45, 7) is 8.26. The summed E-state index contributed by atoms with van der Waals surface area (Å²) in [7, 11) is 0. The third-order valence-corrected chi connectivity index (χ3v) is 3.59. The summed E-state index contributed by atoms with van der Waals surface area (Å²) in [5.41, 5.74) is 1.87. The Kier molecular flexibility index (Phi) is 7.42. The summed E-state index contributed by atoms with van der Waals surface area (Å²) in [5.74, 6) is 0. The lowest BCUT2D eigenvalue weighted by Crippen LogP contribution is -2.15. The van der Waals surface area contributed by atoms with Crippen LogP contribution in [0.3, 0.4) is 0 Å². The van der Waals surface area contributed by atoms with E-state index in [1.807, 2.05) is 25.5 Å². The fraction of sp³-hybridized carbons (Fsp3) is 0.786. The molecule has 0 aromatic carbocycles. The maximum absolute atomic E-state index is 10.1. The molecule has 0 saturated carbocycles. The molecule has 19 heavy (non-hydrogen) atoms. The number of halogens is 1. The average molecular weight is 289 g/mol. The van der Waals surface area contributed by atoms with E-state index in [9.17, 15) is 5.11 Å². The van der Waals surface area contributed by atoms with Gasteiger partial charge in [-0.05, 0) is 33.1 Å². The van der Waals surface area contributed by atoms with Gasteiger partial charge in [0.25, 0.3) is 0 Å². The summed E-state index contributed by atoms with van der Waals surface area (Å²) in [6.07, 6.45) is 2.59. The standard InChI is InChI=1S/C14H25ClN2O2/c1-4-12-14(15)13(17(5-2)16-12)10-11(18)8-7-9-19-6-3/h11,18H,4-10H2,1-3H3. The minimum atomic E-state index is -0.385. The van der Waals surface area contributed by atoms with Gasteiger partial charge in [-0.15, -0.1) is 0 Å². The van der Waals surface area contributed by atoms with Crippen molar-refractivity contribution in [2.24, 2.45) is 0 Å². The maximum Gasteiger partial charge on any atom is 0.0850 e. The molecule has 110 valence electrons. The van der Waals surface area contributed by atoms with E-state index < -0.39 is 0 Å². The number of nitrogens with zero attached hydrogens (tertiary/aromatic N) is 2. The van der Waals surface area contributed by atoms with Crippen LogP contribution in [0.15, 0.2) is 0 Å². The van der Waals surface area contributed by atoms with Gasteiger partial charge in [-0.3, -0.25) is 4.68 Å². The molecule has 0 aliphatic carbocycles. The predicted octanol–water partition coefficient (Wildman–Crippen LogP) is 2.84. The third kappa shape index (κ3) is 4.79. The molecule has 0 radical (unpaired) electrons. The van der Waals surface area contributed by atoms with E-state index in [0.29, 0.717) is 18.1 Å². The zero-order valence-electron chi connectivity index (χ0n) is 12.2. The Balaban J connectivity index is 2.57. The molecule has 0 bridgehead atoms. The van der Waals surface area contributed by atoms with Gasteiger partial charge in [-0.1, -0.05) is 18.5 Å². The van der Waals surface area contributed by atoms with Crippen molar-refractivity contribution in [3.63, 3.8) is 0 Å². The van der Waals surface area contributed by atoms with Crippen molar-refractivity contribution in [1.82, 2.24) is 9.78 Å². The number of aromatic nitrogens is 2. The average Bonchev–Trinajstić information content (AvgIpc) is 2.71. The van der Waals surface area contributed by atoms with Gasteiger partial charge in [0.1, 0.15) is 0 Å². The number of rotatable bonds is 9. The van der Waals surface area contributed by atoms with Crippen LogP contribution in [0.4, 0.5) is 0 Å². The third-order valence-electron chi connectivity index (χ3n) is 3.15. The smallest absolute Gasteiger partial charge is 0.0850 e. The van der Waals surface area contributed by atoms with E-state index in [1.165, 1.54) is 0 Å². The van der Waals surface area contributed by atoms with Gasteiger partial charge in [0.05, 0.1) is 22.5 Å². The lowest BCUT2D eigenvalue weighted by atomic mass is 10.1. The molecule has 0 spiro atoms. The summed E-state index contributed by atoms with van der Waals surface area (Å²) >= 11 is 6.32. The van der Waals surface area contributed by atoms with Gasteiger partial charge < -0.3 is 9.84 Å². The number of hydrogen-bond acceptors (Lipinski definition) is 3. The second-order valence-corrected chi connectivity index (χ2v) is 4.95. The highest BCUT2D eigenvalue weighted by molar-refractivity contribution is 6.31. The first-order chi connectivity index (χ1) is 9.13. The molecule has 1 aromatic heterocycles. The molecule has 5 heteroatoms. The monoisotopic (exact) mass is 288 g/mol. The molecule has 1 aromatic rings. The molecule has 0 aliphatic heterocycles. The van der Waals surface area contributed by atoms with E-state index in [-0.39, 0.29) is 6.10 Å². The van der Waals surface area contributed by atoms with Crippen molar-refractivity contribution < 1.29 is 9.84 Å². The number of aliphatic hydroxyl groups is 1. The Hall–Kier alpha value is -0.580. The molecular weight excluding hydrogens is 264 g/mol. The van der Waals surface area contributed by atoms with Crippen LogP contribution in [-0.2, 0) is 24.1 Å². The molecule has 0 amide bonds. The lowest BCUT2D eigenvalue weighted by molar-refractivity contribution is 0.113. The van der Waals surface area contributed by atoms with E-state index in [2.05, 4.69) is 5.10 Å². The van der Waals surface area contributed by atoms with Crippen LogP contribution >= 0.6 is 11.6 Å². The highest BCUT2D eigenvalue weighted by atomic mass is 35.5. The molecule has 1 N–H and O–H groups in total. The molecule has 1 heterocycles. The van der Waals surface area contributed by atoms with E-state index in [1.54, 1.807) is 0 Å². The van der Waals surface area contributed by atoms with E-state index in [4.69, 9.17) is 16.3 Å². The van der Waals surface area contributed by atoms with Gasteiger partial charge in [0.15, 0.2) is 0 Å². The maximum atomic E-state index is 10.1. The zero-order chi connectivity index (χ0) is 14.3. The fourth-order valence-electron chi connectivity index (χ4n) is 2.10. The Bertz CT molecular complexity index is 380. The van der Waals surface area contributed by atoms with E-state index in [0.717, 1.165) is 43.8 Å². The van der Waals surface area contributed by atoms with E-state index >= 15 is 0 Å². The first-order valence-corrected chi connectivity index (χ1v) is 7.51. The topological polar surface area (TPSA) is 47.3 Å². The fourth-order valence-corrected chi connectivity index (χ4v) is 2.45. The Morgan fingerprint density at radius 2 is 2.11 bits per heavy atom. The summed E-state index contributed by atoms with van der Waals surface area (Å²) in [5, 5.41) is 15.2. The summed E-state index contributed by atoms with van der Waals surface area (Å²) in [4.78, 5) is 0. The number of aryl methyl sites for hydroxylation is 2. The number of hydrogen-bond donors (Lipinski definition) is 1. The molecule has 1 rings (SSSR count). The molecule has 1 unspecified atom stereocenters. The normalized spacial score (nSPS) is 12.9. The largest absolute Gasteiger partial charge is 0.393 e. The minimum Gasteiger partial charge on any atom is -0.393 e.